The maximum atomic E-state index is 13.1. The van der Waals surface area contributed by atoms with E-state index in [-0.39, 0.29) is 11.4 Å². The van der Waals surface area contributed by atoms with Gasteiger partial charge < -0.3 is 10.1 Å². The Bertz CT molecular complexity index is 1160. The molecule has 3 rings (SSSR count). The van der Waals surface area contributed by atoms with Gasteiger partial charge in [-0.05, 0) is 111 Å². The molecule has 0 saturated heterocycles. The fourth-order valence-electron chi connectivity index (χ4n) is 2.87. The number of nitrogens with zero attached hydrogens (tertiary/aromatic N) is 1. The first-order chi connectivity index (χ1) is 15.4. The number of nitriles is 1. The van der Waals surface area contributed by atoms with Crippen molar-refractivity contribution in [1.29, 1.82) is 5.26 Å². The van der Waals surface area contributed by atoms with E-state index in [0.29, 0.717) is 18.0 Å². The number of ether oxygens (including phenoxy) is 1. The predicted octanol–water partition coefficient (Wildman–Crippen LogP) is 6.72. The highest BCUT2D eigenvalue weighted by Gasteiger charge is 2.13. The van der Waals surface area contributed by atoms with Gasteiger partial charge in [-0.3, -0.25) is 4.79 Å². The van der Waals surface area contributed by atoms with Crippen LogP contribution in [0.25, 0.3) is 6.08 Å². The lowest BCUT2D eigenvalue weighted by molar-refractivity contribution is -0.112. The SMILES string of the molecule is CCc1ccc(NC(=O)/C(C#N)=C/c2cc(I)c(OCc3ccc(F)cc3)c(I)c2)cc1. The van der Waals surface area contributed by atoms with Crippen LogP contribution < -0.4 is 10.1 Å². The van der Waals surface area contributed by atoms with Crippen LogP contribution in [0.2, 0.25) is 0 Å². The number of hydrogen-bond donors (Lipinski definition) is 1. The summed E-state index contributed by atoms with van der Waals surface area (Å²) in [5.41, 5.74) is 3.40. The molecule has 0 unspecified atom stereocenters. The first-order valence-corrected chi connectivity index (χ1v) is 11.9. The van der Waals surface area contributed by atoms with E-state index < -0.39 is 5.91 Å². The molecule has 0 atom stereocenters. The Balaban J connectivity index is 1.74. The van der Waals surface area contributed by atoms with Crippen molar-refractivity contribution in [3.8, 4) is 11.8 Å². The lowest BCUT2D eigenvalue weighted by atomic mass is 10.1. The first kappa shape index (κ1) is 24.2. The summed E-state index contributed by atoms with van der Waals surface area (Å²) in [4.78, 5) is 12.6. The van der Waals surface area contributed by atoms with Gasteiger partial charge in [0.15, 0.2) is 0 Å². The highest BCUT2D eigenvalue weighted by atomic mass is 127. The number of carbonyl (C=O) groups excluding carboxylic acids is 1. The number of rotatable bonds is 7. The maximum absolute atomic E-state index is 13.1. The van der Waals surface area contributed by atoms with Crippen molar-refractivity contribution in [1.82, 2.24) is 0 Å². The summed E-state index contributed by atoms with van der Waals surface area (Å²) in [6, 6.07) is 19.4. The Hall–Kier alpha value is -2.45. The maximum Gasteiger partial charge on any atom is 0.266 e. The number of anilines is 1. The van der Waals surface area contributed by atoms with Crippen molar-refractivity contribution in [2.24, 2.45) is 0 Å². The van der Waals surface area contributed by atoms with Crippen LogP contribution in [0, 0.1) is 24.3 Å². The van der Waals surface area contributed by atoms with Crippen molar-refractivity contribution < 1.29 is 13.9 Å². The molecule has 1 N–H and O–H groups in total. The van der Waals surface area contributed by atoms with Crippen LogP contribution in [0.15, 0.2) is 66.2 Å². The van der Waals surface area contributed by atoms with Gasteiger partial charge in [0.2, 0.25) is 0 Å². The minimum absolute atomic E-state index is 0.0103. The van der Waals surface area contributed by atoms with E-state index in [0.717, 1.165) is 24.7 Å². The molecule has 0 spiro atoms. The molecule has 0 aliphatic carbocycles. The van der Waals surface area contributed by atoms with Crippen molar-refractivity contribution in [3.63, 3.8) is 0 Å². The fourth-order valence-corrected chi connectivity index (χ4v) is 5.00. The number of nitrogens with one attached hydrogen (secondary N) is 1. The minimum atomic E-state index is -0.460. The Morgan fingerprint density at radius 3 is 2.22 bits per heavy atom. The highest BCUT2D eigenvalue weighted by Crippen LogP contribution is 2.30. The monoisotopic (exact) mass is 652 g/mol. The lowest BCUT2D eigenvalue weighted by Gasteiger charge is -2.12. The molecule has 162 valence electrons. The van der Waals surface area contributed by atoms with E-state index in [1.165, 1.54) is 17.7 Å². The third-order valence-corrected chi connectivity index (χ3v) is 6.22. The first-order valence-electron chi connectivity index (χ1n) is 9.78. The largest absolute Gasteiger partial charge is 0.487 e. The Morgan fingerprint density at radius 2 is 1.66 bits per heavy atom. The minimum Gasteiger partial charge on any atom is -0.487 e. The van der Waals surface area contributed by atoms with Crippen molar-refractivity contribution in [2.75, 3.05) is 5.32 Å². The van der Waals surface area contributed by atoms with Gasteiger partial charge in [-0.15, -0.1) is 0 Å². The summed E-state index contributed by atoms with van der Waals surface area (Å²) in [5, 5.41) is 12.3. The summed E-state index contributed by atoms with van der Waals surface area (Å²) < 4.78 is 20.7. The third kappa shape index (κ3) is 6.53. The van der Waals surface area contributed by atoms with E-state index in [1.807, 2.05) is 42.5 Å². The zero-order valence-corrected chi connectivity index (χ0v) is 21.5. The number of halogens is 3. The van der Waals surface area contributed by atoms with E-state index in [1.54, 1.807) is 18.2 Å². The van der Waals surface area contributed by atoms with Gasteiger partial charge in [0.05, 0.1) is 7.14 Å². The van der Waals surface area contributed by atoms with Crippen LogP contribution in [-0.2, 0) is 17.8 Å². The molecule has 3 aromatic carbocycles. The molecule has 0 bridgehead atoms. The van der Waals surface area contributed by atoms with Gasteiger partial charge in [0.1, 0.15) is 29.8 Å². The van der Waals surface area contributed by atoms with Crippen molar-refractivity contribution in [2.45, 2.75) is 20.0 Å². The summed E-state index contributed by atoms with van der Waals surface area (Å²) in [6.45, 7) is 2.37. The Kier molecular flexibility index (Phi) is 8.64. The topological polar surface area (TPSA) is 62.1 Å². The Labute approximate surface area is 213 Å². The highest BCUT2D eigenvalue weighted by molar-refractivity contribution is 14.1. The number of benzene rings is 3. The predicted molar refractivity (Wildman–Crippen MR) is 141 cm³/mol. The molecule has 3 aromatic rings. The van der Waals surface area contributed by atoms with Gasteiger partial charge in [-0.1, -0.05) is 31.2 Å². The molecule has 0 radical (unpaired) electrons. The molecular formula is C25H19FI2N2O2. The normalized spacial score (nSPS) is 11.0. The molecule has 0 fully saturated rings. The molecule has 0 heterocycles. The summed E-state index contributed by atoms with van der Waals surface area (Å²) in [6.07, 6.45) is 2.47. The zero-order chi connectivity index (χ0) is 23.1. The van der Waals surface area contributed by atoms with Gasteiger partial charge in [0.25, 0.3) is 5.91 Å². The van der Waals surface area contributed by atoms with Crippen molar-refractivity contribution >= 4 is 62.9 Å². The number of aryl methyl sites for hydroxylation is 1. The van der Waals surface area contributed by atoms with Crippen LogP contribution in [0.3, 0.4) is 0 Å². The number of carbonyl (C=O) groups is 1. The molecule has 0 saturated carbocycles. The molecule has 7 heteroatoms. The quantitative estimate of drug-likeness (QED) is 0.175. The van der Waals surface area contributed by atoms with Gasteiger partial charge in [-0.25, -0.2) is 4.39 Å². The van der Waals surface area contributed by atoms with Crippen LogP contribution >= 0.6 is 45.2 Å². The second-order valence-electron chi connectivity index (χ2n) is 6.90. The van der Waals surface area contributed by atoms with Gasteiger partial charge >= 0.3 is 0 Å². The van der Waals surface area contributed by atoms with Gasteiger partial charge in [0, 0.05) is 5.69 Å². The molecule has 0 aliphatic rings. The standard InChI is InChI=1S/C25H19FI2N2O2/c1-2-16-5-9-21(10-6-16)30-25(31)19(14-29)11-18-12-22(27)24(23(28)13-18)32-15-17-3-7-20(26)8-4-17/h3-13H,2,15H2,1H3,(H,30,31)/b19-11+. The fraction of sp³-hybridized carbons (Fsp3) is 0.120. The van der Waals surface area contributed by atoms with Crippen LogP contribution in [0.5, 0.6) is 5.75 Å². The summed E-state index contributed by atoms with van der Waals surface area (Å²) in [5.74, 6) is -0.0468. The molecule has 0 aliphatic heterocycles. The molecule has 32 heavy (non-hydrogen) atoms. The summed E-state index contributed by atoms with van der Waals surface area (Å²) in [7, 11) is 0. The average Bonchev–Trinajstić information content (AvgIpc) is 2.78. The molecule has 0 aromatic heterocycles. The number of amides is 1. The molecule has 4 nitrogen and oxygen atoms in total. The van der Waals surface area contributed by atoms with Crippen LogP contribution in [0.4, 0.5) is 10.1 Å². The van der Waals surface area contributed by atoms with E-state index in [2.05, 4.69) is 57.4 Å². The smallest absolute Gasteiger partial charge is 0.266 e. The molecular weight excluding hydrogens is 633 g/mol. The van der Waals surface area contributed by atoms with E-state index in [9.17, 15) is 14.4 Å². The Morgan fingerprint density at radius 1 is 1.06 bits per heavy atom. The van der Waals surface area contributed by atoms with Crippen LogP contribution in [0.1, 0.15) is 23.6 Å². The second-order valence-corrected chi connectivity index (χ2v) is 9.23. The second kappa shape index (κ2) is 11.4. The van der Waals surface area contributed by atoms with E-state index >= 15 is 0 Å². The van der Waals surface area contributed by atoms with Gasteiger partial charge in [-0.2, -0.15) is 5.26 Å². The average molecular weight is 652 g/mol. The van der Waals surface area contributed by atoms with Crippen molar-refractivity contribution in [3.05, 3.63) is 95.9 Å². The zero-order valence-electron chi connectivity index (χ0n) is 17.2. The summed E-state index contributed by atoms with van der Waals surface area (Å²) >= 11 is 4.32. The third-order valence-electron chi connectivity index (χ3n) is 4.61. The van der Waals surface area contributed by atoms with Crippen LogP contribution in [-0.4, -0.2) is 5.91 Å². The lowest BCUT2D eigenvalue weighted by Crippen LogP contribution is -2.13. The number of hydrogen-bond acceptors (Lipinski definition) is 3. The van der Waals surface area contributed by atoms with E-state index in [4.69, 9.17) is 4.74 Å². The molecule has 1 amide bonds.